The average Bonchev–Trinajstić information content (AvgIpc) is 2.95. The topological polar surface area (TPSA) is 80.9 Å². The molecule has 2 heterocycles. The Morgan fingerprint density at radius 2 is 2.33 bits per heavy atom. The smallest absolute Gasteiger partial charge is 0.277 e. The third-order valence-corrected chi connectivity index (χ3v) is 3.59. The zero-order valence-electron chi connectivity index (χ0n) is 12.1. The Hall–Kier alpha value is -1.89. The Kier molecular flexibility index (Phi) is 5.74. The molecule has 0 fully saturated rings. The number of hydrogen-bond acceptors (Lipinski definition) is 6. The zero-order chi connectivity index (χ0) is 15.1. The van der Waals surface area contributed by atoms with Crippen LogP contribution in [0.1, 0.15) is 26.7 Å². The number of nitrogens with one attached hydrogen (secondary N) is 1. The van der Waals surface area contributed by atoms with Crippen LogP contribution in [-0.2, 0) is 4.79 Å². The second kappa shape index (κ2) is 7.78. The van der Waals surface area contributed by atoms with Crippen LogP contribution in [0.2, 0.25) is 0 Å². The van der Waals surface area contributed by atoms with Crippen molar-refractivity contribution >= 4 is 17.7 Å². The van der Waals surface area contributed by atoms with Gasteiger partial charge in [-0.3, -0.25) is 9.78 Å². The molecule has 21 heavy (non-hydrogen) atoms. The van der Waals surface area contributed by atoms with E-state index in [4.69, 9.17) is 4.42 Å². The van der Waals surface area contributed by atoms with Gasteiger partial charge in [0.15, 0.2) is 0 Å². The maximum absolute atomic E-state index is 11.7. The van der Waals surface area contributed by atoms with Gasteiger partial charge < -0.3 is 9.73 Å². The van der Waals surface area contributed by atoms with Gasteiger partial charge in [-0.1, -0.05) is 25.1 Å². The van der Waals surface area contributed by atoms with E-state index in [1.54, 1.807) is 18.5 Å². The molecule has 0 unspecified atom stereocenters. The molecule has 0 saturated carbocycles. The van der Waals surface area contributed by atoms with Crippen molar-refractivity contribution in [2.75, 3.05) is 5.75 Å². The van der Waals surface area contributed by atoms with Crippen LogP contribution in [0.5, 0.6) is 0 Å². The molecule has 0 saturated heterocycles. The summed E-state index contributed by atoms with van der Waals surface area (Å²) in [5.74, 6) is 0.648. The Morgan fingerprint density at radius 3 is 3.05 bits per heavy atom. The number of carbonyl (C=O) groups excluding carboxylic acids is 1. The monoisotopic (exact) mass is 306 g/mol. The lowest BCUT2D eigenvalue weighted by Gasteiger charge is -2.11. The highest BCUT2D eigenvalue weighted by Crippen LogP contribution is 2.22. The molecule has 0 bridgehead atoms. The molecular weight excluding hydrogens is 288 g/mol. The molecule has 2 aromatic rings. The number of carbonyl (C=O) groups is 1. The molecule has 7 heteroatoms. The molecule has 112 valence electrons. The maximum atomic E-state index is 11.7. The summed E-state index contributed by atoms with van der Waals surface area (Å²) in [7, 11) is 0. The number of nitrogens with zero attached hydrogens (tertiary/aromatic N) is 3. The van der Waals surface area contributed by atoms with E-state index < -0.39 is 0 Å². The van der Waals surface area contributed by atoms with Crippen molar-refractivity contribution in [2.45, 2.75) is 38.0 Å². The fourth-order valence-corrected chi connectivity index (χ4v) is 2.40. The van der Waals surface area contributed by atoms with Gasteiger partial charge in [0.2, 0.25) is 11.8 Å². The normalized spacial score (nSPS) is 12.1. The Labute approximate surface area is 127 Å². The quantitative estimate of drug-likeness (QED) is 0.792. The van der Waals surface area contributed by atoms with E-state index in [9.17, 15) is 4.79 Å². The molecule has 6 nitrogen and oxygen atoms in total. The zero-order valence-corrected chi connectivity index (χ0v) is 12.9. The molecular formula is C14H18N4O2S. The lowest BCUT2D eigenvalue weighted by Crippen LogP contribution is -2.33. The molecule has 0 radical (unpaired) electrons. The highest BCUT2D eigenvalue weighted by Gasteiger charge is 2.12. The fourth-order valence-electron chi connectivity index (χ4n) is 1.82. The SMILES string of the molecule is CCC[C@H](C)NC(=O)CSc1nnc(-c2cccnc2)o1. The first-order chi connectivity index (χ1) is 10.2. The summed E-state index contributed by atoms with van der Waals surface area (Å²) >= 11 is 1.23. The molecule has 0 aliphatic heterocycles. The van der Waals surface area contributed by atoms with Crippen LogP contribution >= 0.6 is 11.8 Å². The number of pyridine rings is 1. The van der Waals surface area contributed by atoms with E-state index in [2.05, 4.69) is 27.4 Å². The van der Waals surface area contributed by atoms with Crippen LogP contribution in [-0.4, -0.2) is 32.9 Å². The average molecular weight is 306 g/mol. The standard InChI is InChI=1S/C14H18N4O2S/c1-3-5-10(2)16-12(19)9-21-14-18-17-13(20-14)11-6-4-7-15-8-11/h4,6-8,10H,3,5,9H2,1-2H3,(H,16,19)/t10-/m0/s1. The minimum atomic E-state index is -0.0259. The van der Waals surface area contributed by atoms with E-state index in [1.165, 1.54) is 11.8 Å². The van der Waals surface area contributed by atoms with Crippen molar-refractivity contribution in [3.8, 4) is 11.5 Å². The van der Waals surface area contributed by atoms with E-state index >= 15 is 0 Å². The fraction of sp³-hybridized carbons (Fsp3) is 0.429. The van der Waals surface area contributed by atoms with Crippen LogP contribution in [0.3, 0.4) is 0 Å². The largest absolute Gasteiger partial charge is 0.411 e. The molecule has 2 aromatic heterocycles. The number of rotatable bonds is 7. The Balaban J connectivity index is 1.84. The lowest BCUT2D eigenvalue weighted by molar-refractivity contribution is -0.119. The van der Waals surface area contributed by atoms with Crippen LogP contribution in [0.15, 0.2) is 34.2 Å². The van der Waals surface area contributed by atoms with Gasteiger partial charge in [-0.25, -0.2) is 0 Å². The summed E-state index contributed by atoms with van der Waals surface area (Å²) in [6.45, 7) is 4.09. The van der Waals surface area contributed by atoms with Gasteiger partial charge in [0.1, 0.15) is 0 Å². The summed E-state index contributed by atoms with van der Waals surface area (Å²) in [5.41, 5.74) is 0.762. The van der Waals surface area contributed by atoms with E-state index in [0.717, 1.165) is 18.4 Å². The minimum absolute atomic E-state index is 0.0259. The third kappa shape index (κ3) is 4.86. The molecule has 1 atom stereocenters. The number of amides is 1. The summed E-state index contributed by atoms with van der Waals surface area (Å²) in [6.07, 6.45) is 5.35. The summed E-state index contributed by atoms with van der Waals surface area (Å²) < 4.78 is 5.49. The molecule has 2 rings (SSSR count). The predicted octanol–water partition coefficient (Wildman–Crippen LogP) is 2.53. The van der Waals surface area contributed by atoms with Gasteiger partial charge in [-0.15, -0.1) is 10.2 Å². The molecule has 0 spiro atoms. The van der Waals surface area contributed by atoms with Crippen LogP contribution < -0.4 is 5.32 Å². The second-order valence-electron chi connectivity index (χ2n) is 4.66. The van der Waals surface area contributed by atoms with E-state index in [0.29, 0.717) is 11.1 Å². The van der Waals surface area contributed by atoms with Gasteiger partial charge >= 0.3 is 0 Å². The van der Waals surface area contributed by atoms with Gasteiger partial charge in [0.25, 0.3) is 5.22 Å². The third-order valence-electron chi connectivity index (χ3n) is 2.77. The molecule has 0 aliphatic carbocycles. The van der Waals surface area contributed by atoms with Crippen LogP contribution in [0.25, 0.3) is 11.5 Å². The van der Waals surface area contributed by atoms with Crippen molar-refractivity contribution in [2.24, 2.45) is 0 Å². The Bertz CT molecular complexity index is 573. The number of thioether (sulfide) groups is 1. The van der Waals surface area contributed by atoms with Gasteiger partial charge in [-0.2, -0.15) is 0 Å². The van der Waals surface area contributed by atoms with Crippen molar-refractivity contribution in [1.82, 2.24) is 20.5 Å². The van der Waals surface area contributed by atoms with Crippen molar-refractivity contribution < 1.29 is 9.21 Å². The lowest BCUT2D eigenvalue weighted by atomic mass is 10.2. The Morgan fingerprint density at radius 1 is 1.48 bits per heavy atom. The minimum Gasteiger partial charge on any atom is -0.411 e. The van der Waals surface area contributed by atoms with E-state index in [-0.39, 0.29) is 17.7 Å². The van der Waals surface area contributed by atoms with Crippen LogP contribution in [0, 0.1) is 0 Å². The molecule has 0 aromatic carbocycles. The van der Waals surface area contributed by atoms with Crippen molar-refractivity contribution in [3.05, 3.63) is 24.5 Å². The van der Waals surface area contributed by atoms with Crippen molar-refractivity contribution in [1.29, 1.82) is 0 Å². The first-order valence-corrected chi connectivity index (χ1v) is 7.83. The first kappa shape index (κ1) is 15.5. The van der Waals surface area contributed by atoms with Gasteiger partial charge in [-0.05, 0) is 25.5 Å². The highest BCUT2D eigenvalue weighted by atomic mass is 32.2. The van der Waals surface area contributed by atoms with E-state index in [1.807, 2.05) is 13.0 Å². The summed E-state index contributed by atoms with van der Waals surface area (Å²) in [4.78, 5) is 15.7. The second-order valence-corrected chi connectivity index (χ2v) is 5.59. The summed E-state index contributed by atoms with van der Waals surface area (Å²) in [5, 5.41) is 11.2. The molecule has 0 aliphatic rings. The first-order valence-electron chi connectivity index (χ1n) is 6.85. The van der Waals surface area contributed by atoms with Gasteiger partial charge in [0.05, 0.1) is 11.3 Å². The van der Waals surface area contributed by atoms with Crippen LogP contribution in [0.4, 0.5) is 0 Å². The summed E-state index contributed by atoms with van der Waals surface area (Å²) in [6, 6.07) is 3.83. The molecule has 1 N–H and O–H groups in total. The number of aromatic nitrogens is 3. The highest BCUT2D eigenvalue weighted by molar-refractivity contribution is 7.99. The number of hydrogen-bond donors (Lipinski definition) is 1. The van der Waals surface area contributed by atoms with Crippen molar-refractivity contribution in [3.63, 3.8) is 0 Å². The molecule has 1 amide bonds. The predicted molar refractivity (Wildman–Crippen MR) is 80.8 cm³/mol. The van der Waals surface area contributed by atoms with Gasteiger partial charge in [0, 0.05) is 18.4 Å². The maximum Gasteiger partial charge on any atom is 0.277 e.